The Morgan fingerprint density at radius 2 is 1.89 bits per heavy atom. The van der Waals surface area contributed by atoms with Crippen LogP contribution in [0.2, 0.25) is 0 Å². The van der Waals surface area contributed by atoms with Crippen LogP contribution in [0.5, 0.6) is 0 Å². The van der Waals surface area contributed by atoms with Crippen LogP contribution < -0.4 is 5.73 Å². The van der Waals surface area contributed by atoms with Gasteiger partial charge < -0.3 is 10.6 Å². The van der Waals surface area contributed by atoms with Crippen molar-refractivity contribution in [2.24, 2.45) is 0 Å². The number of hydrogen-bond donors (Lipinski definition) is 1. The summed E-state index contributed by atoms with van der Waals surface area (Å²) in [7, 11) is 0. The van der Waals surface area contributed by atoms with Crippen molar-refractivity contribution in [3.63, 3.8) is 0 Å². The molecule has 0 spiro atoms. The lowest BCUT2D eigenvalue weighted by atomic mass is 9.97. The topological polar surface area (TPSA) is 46.3 Å². The van der Waals surface area contributed by atoms with E-state index in [-0.39, 0.29) is 11.8 Å². The maximum atomic E-state index is 12.1. The van der Waals surface area contributed by atoms with Crippen LogP contribution in [0.1, 0.15) is 45.1 Å². The fourth-order valence-corrected chi connectivity index (χ4v) is 2.06. The number of nitrogen functional groups attached to an aromatic ring is 1. The van der Waals surface area contributed by atoms with E-state index in [0.717, 1.165) is 25.2 Å². The molecule has 0 aliphatic carbocycles. The maximum absolute atomic E-state index is 12.1. The number of carbonyl (C=O) groups is 1. The van der Waals surface area contributed by atoms with Crippen LogP contribution in [0.3, 0.4) is 0 Å². The van der Waals surface area contributed by atoms with E-state index in [1.807, 2.05) is 36.1 Å². The van der Waals surface area contributed by atoms with Crippen molar-refractivity contribution in [1.82, 2.24) is 4.90 Å². The molecule has 3 heteroatoms. The second-order valence-electron chi connectivity index (χ2n) is 4.75. The average molecular weight is 248 g/mol. The molecule has 0 heterocycles. The van der Waals surface area contributed by atoms with Crippen LogP contribution in [0.15, 0.2) is 24.3 Å². The van der Waals surface area contributed by atoms with Gasteiger partial charge in [0, 0.05) is 25.2 Å². The van der Waals surface area contributed by atoms with Gasteiger partial charge in [0.2, 0.25) is 5.91 Å². The molecule has 0 aliphatic rings. The first-order chi connectivity index (χ1) is 8.58. The molecule has 3 nitrogen and oxygen atoms in total. The van der Waals surface area contributed by atoms with E-state index in [0.29, 0.717) is 6.42 Å². The summed E-state index contributed by atoms with van der Waals surface area (Å²) < 4.78 is 0. The zero-order chi connectivity index (χ0) is 13.5. The molecule has 1 aromatic rings. The van der Waals surface area contributed by atoms with Crippen molar-refractivity contribution < 1.29 is 4.79 Å². The third-order valence-electron chi connectivity index (χ3n) is 3.21. The summed E-state index contributed by atoms with van der Waals surface area (Å²) in [6.07, 6.45) is 1.58. The lowest BCUT2D eigenvalue weighted by Crippen LogP contribution is -2.32. The van der Waals surface area contributed by atoms with Crippen LogP contribution in [-0.2, 0) is 4.79 Å². The minimum Gasteiger partial charge on any atom is -0.399 e. The Bertz CT molecular complexity index is 373. The van der Waals surface area contributed by atoms with Crippen molar-refractivity contribution in [3.8, 4) is 0 Å². The molecule has 18 heavy (non-hydrogen) atoms. The van der Waals surface area contributed by atoms with E-state index < -0.39 is 0 Å². The number of benzene rings is 1. The first-order valence-corrected chi connectivity index (χ1v) is 6.71. The van der Waals surface area contributed by atoms with Crippen molar-refractivity contribution in [2.75, 3.05) is 18.8 Å². The normalized spacial score (nSPS) is 12.2. The van der Waals surface area contributed by atoms with E-state index in [2.05, 4.69) is 13.8 Å². The van der Waals surface area contributed by atoms with E-state index >= 15 is 0 Å². The molecule has 2 N–H and O–H groups in total. The Hall–Kier alpha value is -1.51. The standard InChI is InChI=1S/C15H24N2O/c1-4-10-17(5-2)15(18)11-12(3)13-6-8-14(16)9-7-13/h6-9,12H,4-5,10-11,16H2,1-3H3. The monoisotopic (exact) mass is 248 g/mol. The molecule has 0 aliphatic heterocycles. The third-order valence-corrected chi connectivity index (χ3v) is 3.21. The molecular weight excluding hydrogens is 224 g/mol. The molecule has 0 radical (unpaired) electrons. The summed E-state index contributed by atoms with van der Waals surface area (Å²) in [5.41, 5.74) is 7.60. The van der Waals surface area contributed by atoms with Gasteiger partial charge in [-0.3, -0.25) is 4.79 Å². The maximum Gasteiger partial charge on any atom is 0.223 e. The highest BCUT2D eigenvalue weighted by Gasteiger charge is 2.15. The number of anilines is 1. The van der Waals surface area contributed by atoms with Gasteiger partial charge in [0.1, 0.15) is 0 Å². The van der Waals surface area contributed by atoms with E-state index in [1.165, 1.54) is 5.56 Å². The molecule has 0 saturated carbocycles. The molecule has 0 saturated heterocycles. The SMILES string of the molecule is CCCN(CC)C(=O)CC(C)c1ccc(N)cc1. The van der Waals surface area contributed by atoms with Crippen molar-refractivity contribution in [1.29, 1.82) is 0 Å². The third kappa shape index (κ3) is 4.06. The number of hydrogen-bond acceptors (Lipinski definition) is 2. The Kier molecular flexibility index (Phi) is 5.69. The highest BCUT2D eigenvalue weighted by atomic mass is 16.2. The fraction of sp³-hybridized carbons (Fsp3) is 0.533. The Morgan fingerprint density at radius 1 is 1.28 bits per heavy atom. The van der Waals surface area contributed by atoms with E-state index in [9.17, 15) is 4.79 Å². The van der Waals surface area contributed by atoms with Crippen LogP contribution >= 0.6 is 0 Å². The first kappa shape index (κ1) is 14.6. The van der Waals surface area contributed by atoms with Gasteiger partial charge in [-0.1, -0.05) is 26.0 Å². The molecule has 1 atom stereocenters. The lowest BCUT2D eigenvalue weighted by molar-refractivity contribution is -0.131. The summed E-state index contributed by atoms with van der Waals surface area (Å²) in [5, 5.41) is 0. The van der Waals surface area contributed by atoms with Crippen LogP contribution in [0.25, 0.3) is 0 Å². The van der Waals surface area contributed by atoms with Gasteiger partial charge in [-0.05, 0) is 37.0 Å². The molecule has 0 bridgehead atoms. The number of nitrogens with zero attached hydrogens (tertiary/aromatic N) is 1. The minimum absolute atomic E-state index is 0.240. The highest BCUT2D eigenvalue weighted by molar-refractivity contribution is 5.77. The fourth-order valence-electron chi connectivity index (χ4n) is 2.06. The van der Waals surface area contributed by atoms with Crippen LogP contribution in [0, 0.1) is 0 Å². The summed E-state index contributed by atoms with van der Waals surface area (Å²) in [6.45, 7) is 7.86. The lowest BCUT2D eigenvalue weighted by Gasteiger charge is -2.22. The highest BCUT2D eigenvalue weighted by Crippen LogP contribution is 2.21. The molecule has 0 fully saturated rings. The molecule has 100 valence electrons. The average Bonchev–Trinajstić information content (AvgIpc) is 2.36. The summed E-state index contributed by atoms with van der Waals surface area (Å²) in [6, 6.07) is 7.78. The second-order valence-corrected chi connectivity index (χ2v) is 4.75. The first-order valence-electron chi connectivity index (χ1n) is 6.71. The largest absolute Gasteiger partial charge is 0.399 e. The number of carbonyl (C=O) groups excluding carboxylic acids is 1. The molecule has 1 unspecified atom stereocenters. The Morgan fingerprint density at radius 3 is 2.39 bits per heavy atom. The van der Waals surface area contributed by atoms with E-state index in [1.54, 1.807) is 0 Å². The van der Waals surface area contributed by atoms with Gasteiger partial charge in [0.15, 0.2) is 0 Å². The molecule has 1 amide bonds. The predicted octanol–water partition coefficient (Wildman–Crippen LogP) is 3.02. The quantitative estimate of drug-likeness (QED) is 0.787. The number of amides is 1. The zero-order valence-corrected chi connectivity index (χ0v) is 11.6. The van der Waals surface area contributed by atoms with Crippen molar-refractivity contribution >= 4 is 11.6 Å². The molecule has 1 aromatic carbocycles. The van der Waals surface area contributed by atoms with Crippen LogP contribution in [-0.4, -0.2) is 23.9 Å². The summed E-state index contributed by atoms with van der Waals surface area (Å²) in [4.78, 5) is 14.0. The van der Waals surface area contributed by atoms with Crippen molar-refractivity contribution in [2.45, 2.75) is 39.5 Å². The Balaban J connectivity index is 2.60. The van der Waals surface area contributed by atoms with Gasteiger partial charge in [-0.2, -0.15) is 0 Å². The van der Waals surface area contributed by atoms with E-state index in [4.69, 9.17) is 5.73 Å². The van der Waals surface area contributed by atoms with Crippen LogP contribution in [0.4, 0.5) is 5.69 Å². The molecule has 0 aromatic heterocycles. The van der Waals surface area contributed by atoms with Crippen molar-refractivity contribution in [3.05, 3.63) is 29.8 Å². The minimum atomic E-state index is 0.240. The number of rotatable bonds is 6. The van der Waals surface area contributed by atoms with Gasteiger partial charge >= 0.3 is 0 Å². The van der Waals surface area contributed by atoms with Gasteiger partial charge in [-0.25, -0.2) is 0 Å². The van der Waals surface area contributed by atoms with Gasteiger partial charge in [0.25, 0.3) is 0 Å². The Labute approximate surface area is 110 Å². The second kappa shape index (κ2) is 7.04. The smallest absolute Gasteiger partial charge is 0.223 e. The summed E-state index contributed by atoms with van der Waals surface area (Å²) >= 11 is 0. The van der Waals surface area contributed by atoms with Gasteiger partial charge in [0.05, 0.1) is 0 Å². The molecular formula is C15H24N2O. The summed E-state index contributed by atoms with van der Waals surface area (Å²) in [5.74, 6) is 0.479. The number of nitrogens with two attached hydrogens (primary N) is 1. The van der Waals surface area contributed by atoms with Gasteiger partial charge in [-0.15, -0.1) is 0 Å². The zero-order valence-electron chi connectivity index (χ0n) is 11.6. The molecule has 1 rings (SSSR count). The predicted molar refractivity (Wildman–Crippen MR) is 76.4 cm³/mol.